The first-order valence-corrected chi connectivity index (χ1v) is 10.2. The molecule has 0 fully saturated rings. The zero-order valence-electron chi connectivity index (χ0n) is 16.5. The molecule has 0 atom stereocenters. The summed E-state index contributed by atoms with van der Waals surface area (Å²) in [4.78, 5) is 23.5. The summed E-state index contributed by atoms with van der Waals surface area (Å²) < 4.78 is 0. The van der Waals surface area contributed by atoms with Crippen molar-refractivity contribution in [2.75, 3.05) is 20.6 Å². The fourth-order valence-electron chi connectivity index (χ4n) is 2.71. The van der Waals surface area contributed by atoms with Crippen LogP contribution in [0.15, 0.2) is 64.4 Å². The summed E-state index contributed by atoms with van der Waals surface area (Å²) in [5.41, 5.74) is 3.54. The molecule has 30 heavy (non-hydrogen) atoms. The van der Waals surface area contributed by atoms with Crippen molar-refractivity contribution in [3.63, 3.8) is 0 Å². The van der Waals surface area contributed by atoms with Crippen LogP contribution in [-0.2, 0) is 9.59 Å². The lowest BCUT2D eigenvalue weighted by molar-refractivity contribution is -0.134. The number of nitrogens with zero attached hydrogens (tertiary/aromatic N) is 1. The minimum absolute atomic E-state index is 0.139. The number of carboxylic acid groups (broad SMARTS) is 2. The maximum absolute atomic E-state index is 9.89. The Kier molecular flexibility index (Phi) is 8.53. The molecule has 158 valence electrons. The molecule has 0 amide bonds. The number of aliphatic carboxylic acids is 2. The highest BCUT2D eigenvalue weighted by Gasteiger charge is 2.22. The predicted molar refractivity (Wildman–Crippen MR) is 118 cm³/mol. The van der Waals surface area contributed by atoms with Gasteiger partial charge in [-0.25, -0.2) is 9.59 Å². The number of aromatic hydroxyl groups is 1. The third kappa shape index (κ3) is 6.66. The Morgan fingerprint density at radius 1 is 1.03 bits per heavy atom. The summed E-state index contributed by atoms with van der Waals surface area (Å²) in [6, 6.07) is 12.0. The first kappa shape index (κ1) is 23.5. The first-order valence-electron chi connectivity index (χ1n) is 8.98. The molecule has 0 spiro atoms. The summed E-state index contributed by atoms with van der Waals surface area (Å²) in [7, 11) is 4.15. The molecule has 0 unspecified atom stereocenters. The molecule has 1 aliphatic heterocycles. The van der Waals surface area contributed by atoms with E-state index in [0.29, 0.717) is 17.2 Å². The van der Waals surface area contributed by atoms with Crippen LogP contribution in [0.2, 0.25) is 5.02 Å². The molecule has 3 rings (SSSR count). The SMILES string of the molecule is CN(C)CC/C=C1\c2ccccc2Sc2cc(O)c(Cl)cc21.O=C(O)/C=C\C(=O)O. The standard InChI is InChI=1S/C18H18ClNOS.C4H4O4/c1-20(2)9-5-7-12-13-6-3-4-8-17(13)22-18-11-16(21)15(19)10-14(12)18;5-3(6)1-2-4(7)8/h3-4,6-8,10-11,21H,5,9H2,1-2H3;1-2H,(H,5,6)(H,7,8)/b12-7+;2-1-. The third-order valence-electron chi connectivity index (χ3n) is 4.03. The number of halogens is 1. The molecule has 0 aromatic heterocycles. The summed E-state index contributed by atoms with van der Waals surface area (Å²) >= 11 is 7.81. The van der Waals surface area contributed by atoms with Gasteiger partial charge >= 0.3 is 11.9 Å². The number of rotatable bonds is 5. The number of carboxylic acids is 2. The number of fused-ring (bicyclic) bond motifs is 2. The normalized spacial score (nSPS) is 13.5. The van der Waals surface area contributed by atoms with Crippen molar-refractivity contribution < 1.29 is 24.9 Å². The highest BCUT2D eigenvalue weighted by atomic mass is 35.5. The minimum atomic E-state index is -1.26. The van der Waals surface area contributed by atoms with Crippen molar-refractivity contribution in [3.05, 3.63) is 70.8 Å². The largest absolute Gasteiger partial charge is 0.506 e. The molecule has 3 N–H and O–H groups in total. The first-order chi connectivity index (χ1) is 14.2. The minimum Gasteiger partial charge on any atom is -0.506 e. The Bertz CT molecular complexity index is 985. The van der Waals surface area contributed by atoms with E-state index in [9.17, 15) is 14.7 Å². The van der Waals surface area contributed by atoms with Crippen molar-refractivity contribution in [2.45, 2.75) is 16.2 Å². The van der Waals surface area contributed by atoms with E-state index in [1.165, 1.54) is 16.0 Å². The zero-order chi connectivity index (χ0) is 22.3. The van der Waals surface area contributed by atoms with Crippen molar-refractivity contribution in [1.82, 2.24) is 4.90 Å². The number of hydrogen-bond donors (Lipinski definition) is 3. The van der Waals surface area contributed by atoms with Gasteiger partial charge in [-0.2, -0.15) is 0 Å². The van der Waals surface area contributed by atoms with E-state index in [2.05, 4.69) is 43.3 Å². The highest BCUT2D eigenvalue weighted by Crippen LogP contribution is 2.47. The smallest absolute Gasteiger partial charge is 0.328 e. The van der Waals surface area contributed by atoms with Gasteiger partial charge in [0.1, 0.15) is 5.75 Å². The van der Waals surface area contributed by atoms with E-state index in [1.54, 1.807) is 17.8 Å². The quantitative estimate of drug-likeness (QED) is 0.491. The fourth-order valence-corrected chi connectivity index (χ4v) is 3.99. The van der Waals surface area contributed by atoms with Crippen LogP contribution in [0.25, 0.3) is 5.57 Å². The Morgan fingerprint density at radius 2 is 1.67 bits per heavy atom. The van der Waals surface area contributed by atoms with Gasteiger partial charge in [0, 0.05) is 28.5 Å². The van der Waals surface area contributed by atoms with Crippen LogP contribution in [0.3, 0.4) is 0 Å². The Labute approximate surface area is 184 Å². The van der Waals surface area contributed by atoms with Crippen molar-refractivity contribution >= 4 is 40.9 Å². The van der Waals surface area contributed by atoms with Gasteiger partial charge in [-0.1, -0.05) is 47.6 Å². The molecule has 0 saturated carbocycles. The maximum Gasteiger partial charge on any atom is 0.328 e. The Hall–Kier alpha value is -2.74. The van der Waals surface area contributed by atoms with Crippen molar-refractivity contribution in [2.24, 2.45) is 0 Å². The van der Waals surface area contributed by atoms with Gasteiger partial charge in [0.15, 0.2) is 0 Å². The lowest BCUT2D eigenvalue weighted by Gasteiger charge is -2.23. The fraction of sp³-hybridized carbons (Fsp3) is 0.182. The van der Waals surface area contributed by atoms with Crippen LogP contribution in [0.1, 0.15) is 17.5 Å². The van der Waals surface area contributed by atoms with E-state index < -0.39 is 11.9 Å². The summed E-state index contributed by atoms with van der Waals surface area (Å²) in [6.07, 6.45) is 4.36. The number of benzene rings is 2. The molecule has 2 aromatic rings. The van der Waals surface area contributed by atoms with Crippen LogP contribution in [0, 0.1) is 0 Å². The van der Waals surface area contributed by atoms with Crippen LogP contribution < -0.4 is 0 Å². The van der Waals surface area contributed by atoms with E-state index in [-0.39, 0.29) is 5.75 Å². The molecule has 0 aliphatic carbocycles. The molecule has 8 heteroatoms. The molecule has 6 nitrogen and oxygen atoms in total. The van der Waals surface area contributed by atoms with Crippen LogP contribution in [-0.4, -0.2) is 52.8 Å². The van der Waals surface area contributed by atoms with Gasteiger partial charge in [-0.05, 0) is 55.4 Å². The molecule has 1 heterocycles. The number of phenols is 1. The summed E-state index contributed by atoms with van der Waals surface area (Å²) in [6.45, 7) is 1.000. The third-order valence-corrected chi connectivity index (χ3v) is 5.47. The van der Waals surface area contributed by atoms with Crippen LogP contribution in [0.4, 0.5) is 0 Å². The molecular weight excluding hydrogens is 426 g/mol. The van der Waals surface area contributed by atoms with Crippen molar-refractivity contribution in [1.29, 1.82) is 0 Å². The second-order valence-electron chi connectivity index (χ2n) is 6.62. The second-order valence-corrected chi connectivity index (χ2v) is 8.11. The van der Waals surface area contributed by atoms with E-state index in [0.717, 1.165) is 23.4 Å². The topological polar surface area (TPSA) is 98.1 Å². The van der Waals surface area contributed by atoms with Gasteiger partial charge in [-0.3, -0.25) is 0 Å². The van der Waals surface area contributed by atoms with E-state index in [4.69, 9.17) is 21.8 Å². The predicted octanol–water partition coefficient (Wildman–Crippen LogP) is 4.61. The monoisotopic (exact) mass is 447 g/mol. The molecule has 2 aromatic carbocycles. The molecule has 0 radical (unpaired) electrons. The lowest BCUT2D eigenvalue weighted by Crippen LogP contribution is -2.12. The van der Waals surface area contributed by atoms with Gasteiger partial charge in [0.2, 0.25) is 0 Å². The zero-order valence-corrected chi connectivity index (χ0v) is 18.1. The summed E-state index contributed by atoms with van der Waals surface area (Å²) in [5.74, 6) is -2.38. The average Bonchev–Trinajstić information content (AvgIpc) is 2.67. The Morgan fingerprint density at radius 3 is 2.27 bits per heavy atom. The highest BCUT2D eigenvalue weighted by molar-refractivity contribution is 7.99. The van der Waals surface area contributed by atoms with Gasteiger partial charge in [-0.15, -0.1) is 0 Å². The van der Waals surface area contributed by atoms with E-state index in [1.807, 2.05) is 12.1 Å². The second kappa shape index (κ2) is 10.9. The molecular formula is C22H22ClNO5S. The van der Waals surface area contributed by atoms with Gasteiger partial charge in [0.05, 0.1) is 5.02 Å². The summed E-state index contributed by atoms with van der Waals surface area (Å²) in [5, 5.41) is 25.9. The number of hydrogen-bond acceptors (Lipinski definition) is 5. The maximum atomic E-state index is 9.89. The number of carbonyl (C=O) groups is 2. The molecule has 0 saturated heterocycles. The number of phenolic OH excluding ortho intramolecular Hbond substituents is 1. The van der Waals surface area contributed by atoms with Crippen LogP contribution in [0.5, 0.6) is 5.75 Å². The molecule has 0 bridgehead atoms. The van der Waals surface area contributed by atoms with E-state index >= 15 is 0 Å². The van der Waals surface area contributed by atoms with Crippen molar-refractivity contribution in [3.8, 4) is 5.75 Å². The van der Waals surface area contributed by atoms with Crippen LogP contribution >= 0.6 is 23.4 Å². The lowest BCUT2D eigenvalue weighted by atomic mass is 9.96. The van der Waals surface area contributed by atoms with Gasteiger partial charge in [0.25, 0.3) is 0 Å². The van der Waals surface area contributed by atoms with Gasteiger partial charge < -0.3 is 20.2 Å². The average molecular weight is 448 g/mol. The Balaban J connectivity index is 0.000000343. The molecule has 1 aliphatic rings.